The molecule has 0 saturated carbocycles. The van der Waals surface area contributed by atoms with Crippen LogP contribution in [-0.2, 0) is 18.7 Å². The second kappa shape index (κ2) is 4.80. The molecular weight excluding hydrogens is 248 g/mol. The molecule has 2 nitrogen and oxygen atoms in total. The first-order chi connectivity index (χ1) is 8.36. The third-order valence-electron chi connectivity index (χ3n) is 2.90. The van der Waals surface area contributed by atoms with E-state index < -0.39 is 0 Å². The maximum Gasteiger partial charge on any atom is 0.123 e. The third kappa shape index (κ3) is 2.25. The summed E-state index contributed by atoms with van der Waals surface area (Å²) in [5.41, 5.74) is 9.36. The van der Waals surface area contributed by atoms with E-state index in [1.807, 2.05) is 23.1 Å². The number of hydrogen-bond acceptors (Lipinski definition) is 4. The summed E-state index contributed by atoms with van der Waals surface area (Å²) in [6, 6.07) is 8.40. The van der Waals surface area contributed by atoms with Crippen molar-refractivity contribution < 1.29 is 0 Å². The van der Waals surface area contributed by atoms with Crippen LogP contribution in [0, 0.1) is 0 Å². The number of nitrogens with zero attached hydrogens (tertiary/aromatic N) is 1. The summed E-state index contributed by atoms with van der Waals surface area (Å²) >= 11 is 3.84. The highest BCUT2D eigenvalue weighted by atomic mass is 32.2. The lowest BCUT2D eigenvalue weighted by molar-refractivity contribution is 1.03. The van der Waals surface area contributed by atoms with Crippen LogP contribution in [0.1, 0.15) is 16.1 Å². The van der Waals surface area contributed by atoms with Gasteiger partial charge in [0.2, 0.25) is 0 Å². The average Bonchev–Trinajstić information content (AvgIpc) is 2.82. The van der Waals surface area contributed by atoms with Crippen molar-refractivity contribution >= 4 is 23.1 Å². The van der Waals surface area contributed by atoms with E-state index in [2.05, 4.69) is 24.3 Å². The molecule has 0 amide bonds. The molecule has 0 aliphatic carbocycles. The first-order valence-corrected chi connectivity index (χ1v) is 7.69. The van der Waals surface area contributed by atoms with Crippen molar-refractivity contribution in [3.05, 3.63) is 40.4 Å². The highest BCUT2D eigenvalue weighted by molar-refractivity contribution is 7.98. The minimum absolute atomic E-state index is 0.592. The summed E-state index contributed by atoms with van der Waals surface area (Å²) in [7, 11) is 0. The average molecular weight is 262 g/mol. The molecule has 2 N–H and O–H groups in total. The molecule has 1 aromatic heterocycles. The highest BCUT2D eigenvalue weighted by Crippen LogP contribution is 2.34. The Balaban J connectivity index is 2.00. The summed E-state index contributed by atoms with van der Waals surface area (Å²) in [5.74, 6) is 2.34. The minimum atomic E-state index is 0.592. The number of nitrogens with two attached hydrogens (primary N) is 1. The van der Waals surface area contributed by atoms with Crippen LogP contribution in [0.25, 0.3) is 10.6 Å². The topological polar surface area (TPSA) is 38.9 Å². The molecule has 17 heavy (non-hydrogen) atoms. The van der Waals surface area contributed by atoms with Crippen molar-refractivity contribution in [1.82, 2.24) is 4.98 Å². The van der Waals surface area contributed by atoms with Gasteiger partial charge in [0, 0.05) is 22.7 Å². The van der Waals surface area contributed by atoms with Gasteiger partial charge in [-0.25, -0.2) is 4.98 Å². The lowest BCUT2D eigenvalue weighted by atomic mass is 10.1. The lowest BCUT2D eigenvalue weighted by Crippen LogP contribution is -1.99. The molecule has 1 aliphatic heterocycles. The zero-order valence-electron chi connectivity index (χ0n) is 9.48. The summed E-state index contributed by atoms with van der Waals surface area (Å²) in [5, 5.41) is 1.15. The van der Waals surface area contributed by atoms with E-state index >= 15 is 0 Å². The van der Waals surface area contributed by atoms with Crippen LogP contribution >= 0.6 is 23.1 Å². The molecule has 88 valence electrons. The number of thiazole rings is 1. The van der Waals surface area contributed by atoms with Gasteiger partial charge in [-0.1, -0.05) is 18.2 Å². The Morgan fingerprint density at radius 3 is 3.12 bits per heavy atom. The molecule has 0 radical (unpaired) electrons. The van der Waals surface area contributed by atoms with Crippen molar-refractivity contribution in [2.24, 2.45) is 5.73 Å². The SMILES string of the molecule is NCc1cccc(-c2nc3c(s2)CSCC3)c1. The summed E-state index contributed by atoms with van der Waals surface area (Å²) < 4.78 is 0. The Kier molecular flexibility index (Phi) is 3.18. The number of aromatic nitrogens is 1. The Bertz CT molecular complexity index is 510. The van der Waals surface area contributed by atoms with E-state index in [1.54, 1.807) is 0 Å². The first kappa shape index (κ1) is 11.3. The van der Waals surface area contributed by atoms with Gasteiger partial charge in [-0.15, -0.1) is 11.3 Å². The predicted molar refractivity (Wildman–Crippen MR) is 75.3 cm³/mol. The Morgan fingerprint density at radius 2 is 2.29 bits per heavy atom. The van der Waals surface area contributed by atoms with Crippen LogP contribution in [0.2, 0.25) is 0 Å². The molecule has 1 aliphatic rings. The predicted octanol–water partition coefficient (Wildman–Crippen LogP) is 3.06. The molecule has 3 rings (SSSR count). The lowest BCUT2D eigenvalue weighted by Gasteiger charge is -2.06. The molecule has 0 saturated heterocycles. The zero-order valence-corrected chi connectivity index (χ0v) is 11.1. The van der Waals surface area contributed by atoms with Crippen LogP contribution in [0.15, 0.2) is 24.3 Å². The number of rotatable bonds is 2. The standard InChI is InChI=1S/C13H14N2S2/c14-7-9-2-1-3-10(6-9)13-15-11-4-5-16-8-12(11)17-13/h1-3,6H,4-5,7-8,14H2. The van der Waals surface area contributed by atoms with Crippen molar-refractivity contribution in [3.8, 4) is 10.6 Å². The van der Waals surface area contributed by atoms with Gasteiger partial charge in [0.1, 0.15) is 5.01 Å². The zero-order chi connectivity index (χ0) is 11.7. The van der Waals surface area contributed by atoms with Gasteiger partial charge >= 0.3 is 0 Å². The maximum absolute atomic E-state index is 5.67. The fourth-order valence-electron chi connectivity index (χ4n) is 1.98. The van der Waals surface area contributed by atoms with E-state index in [0.29, 0.717) is 6.54 Å². The molecule has 0 fully saturated rings. The van der Waals surface area contributed by atoms with Crippen LogP contribution < -0.4 is 5.73 Å². The fraction of sp³-hybridized carbons (Fsp3) is 0.308. The molecule has 2 aromatic rings. The number of fused-ring (bicyclic) bond motifs is 1. The van der Waals surface area contributed by atoms with Crippen LogP contribution in [0.3, 0.4) is 0 Å². The Hall–Kier alpha value is -0.840. The molecule has 0 atom stereocenters. The molecule has 0 spiro atoms. The number of thioether (sulfide) groups is 1. The van der Waals surface area contributed by atoms with Gasteiger partial charge < -0.3 is 5.73 Å². The monoisotopic (exact) mass is 262 g/mol. The second-order valence-corrected chi connectivity index (χ2v) is 6.28. The van der Waals surface area contributed by atoms with Crippen molar-refractivity contribution in [2.75, 3.05) is 5.75 Å². The van der Waals surface area contributed by atoms with Gasteiger partial charge in [0.05, 0.1) is 5.69 Å². The molecule has 2 heterocycles. The smallest absolute Gasteiger partial charge is 0.123 e. The van der Waals surface area contributed by atoms with E-state index in [0.717, 1.165) is 17.2 Å². The largest absolute Gasteiger partial charge is 0.326 e. The summed E-state index contributed by atoms with van der Waals surface area (Å²) in [4.78, 5) is 6.21. The highest BCUT2D eigenvalue weighted by Gasteiger charge is 2.16. The van der Waals surface area contributed by atoms with E-state index in [1.165, 1.54) is 27.5 Å². The van der Waals surface area contributed by atoms with Crippen molar-refractivity contribution in [2.45, 2.75) is 18.7 Å². The fourth-order valence-corrected chi connectivity index (χ4v) is 4.20. The third-order valence-corrected chi connectivity index (χ3v) is 5.22. The first-order valence-electron chi connectivity index (χ1n) is 5.72. The number of aryl methyl sites for hydroxylation is 1. The number of benzene rings is 1. The van der Waals surface area contributed by atoms with Crippen molar-refractivity contribution in [3.63, 3.8) is 0 Å². The molecule has 0 unspecified atom stereocenters. The molecule has 4 heteroatoms. The van der Waals surface area contributed by atoms with Gasteiger partial charge in [0.25, 0.3) is 0 Å². The van der Waals surface area contributed by atoms with E-state index in [4.69, 9.17) is 10.7 Å². The van der Waals surface area contributed by atoms with Crippen molar-refractivity contribution in [1.29, 1.82) is 0 Å². The number of hydrogen-bond donors (Lipinski definition) is 1. The maximum atomic E-state index is 5.67. The normalized spacial score (nSPS) is 14.6. The molecular formula is C13H14N2S2. The second-order valence-electron chi connectivity index (χ2n) is 4.10. The van der Waals surface area contributed by atoms with E-state index in [9.17, 15) is 0 Å². The Morgan fingerprint density at radius 1 is 1.35 bits per heavy atom. The Labute approximate surface area is 109 Å². The van der Waals surface area contributed by atoms with Gasteiger partial charge in [-0.2, -0.15) is 11.8 Å². The summed E-state index contributed by atoms with van der Waals surface area (Å²) in [6.45, 7) is 0.592. The van der Waals surface area contributed by atoms with Crippen LogP contribution in [0.5, 0.6) is 0 Å². The van der Waals surface area contributed by atoms with Gasteiger partial charge in [-0.05, 0) is 23.8 Å². The van der Waals surface area contributed by atoms with Gasteiger partial charge in [-0.3, -0.25) is 0 Å². The summed E-state index contributed by atoms with van der Waals surface area (Å²) in [6.07, 6.45) is 1.12. The molecule has 0 bridgehead atoms. The van der Waals surface area contributed by atoms with Crippen LogP contribution in [0.4, 0.5) is 0 Å². The van der Waals surface area contributed by atoms with Gasteiger partial charge in [0.15, 0.2) is 0 Å². The minimum Gasteiger partial charge on any atom is -0.326 e. The molecule has 1 aromatic carbocycles. The quantitative estimate of drug-likeness (QED) is 0.904. The van der Waals surface area contributed by atoms with E-state index in [-0.39, 0.29) is 0 Å². The van der Waals surface area contributed by atoms with Crippen LogP contribution in [-0.4, -0.2) is 10.7 Å².